The van der Waals surface area contributed by atoms with Crippen molar-refractivity contribution in [1.82, 2.24) is 4.98 Å². The summed E-state index contributed by atoms with van der Waals surface area (Å²) >= 11 is 1.57. The van der Waals surface area contributed by atoms with Crippen LogP contribution in [0.15, 0.2) is 24.4 Å². The van der Waals surface area contributed by atoms with Crippen LogP contribution in [0.5, 0.6) is 0 Å². The van der Waals surface area contributed by atoms with Crippen molar-refractivity contribution in [2.24, 2.45) is 0 Å². The van der Waals surface area contributed by atoms with Crippen LogP contribution in [0.1, 0.15) is 30.2 Å². The molecule has 0 unspecified atom stereocenters. The van der Waals surface area contributed by atoms with E-state index in [4.69, 9.17) is 0 Å². The molecule has 0 saturated carbocycles. The van der Waals surface area contributed by atoms with E-state index in [9.17, 15) is 4.39 Å². The van der Waals surface area contributed by atoms with Crippen LogP contribution >= 0.6 is 11.3 Å². The Morgan fingerprint density at radius 1 is 1.31 bits per heavy atom. The third-order valence-corrected chi connectivity index (χ3v) is 3.78. The fraction of sp³-hybridized carbons (Fsp3) is 0.308. The fourth-order valence-corrected chi connectivity index (χ4v) is 2.42. The van der Waals surface area contributed by atoms with Crippen LogP contribution in [0.3, 0.4) is 0 Å². The Hall–Kier alpha value is -1.22. The number of hydrogen-bond donors (Lipinski definition) is 0. The molecule has 16 heavy (non-hydrogen) atoms. The summed E-state index contributed by atoms with van der Waals surface area (Å²) in [6.45, 7) is 6.19. The minimum atomic E-state index is -0.199. The highest BCUT2D eigenvalue weighted by Gasteiger charge is 2.11. The van der Waals surface area contributed by atoms with Gasteiger partial charge in [0.1, 0.15) is 10.8 Å². The summed E-state index contributed by atoms with van der Waals surface area (Å²) in [6.07, 6.45) is 1.84. The maximum atomic E-state index is 13.6. The van der Waals surface area contributed by atoms with Gasteiger partial charge in [0.25, 0.3) is 0 Å². The van der Waals surface area contributed by atoms with E-state index >= 15 is 0 Å². The first kappa shape index (κ1) is 11.3. The molecule has 0 fully saturated rings. The number of aryl methyl sites for hydroxylation is 1. The Balaban J connectivity index is 2.46. The maximum Gasteiger partial charge on any atom is 0.133 e. The van der Waals surface area contributed by atoms with E-state index in [0.717, 1.165) is 10.6 Å². The molecule has 0 bridgehead atoms. The van der Waals surface area contributed by atoms with Crippen molar-refractivity contribution in [2.75, 3.05) is 0 Å². The zero-order valence-electron chi connectivity index (χ0n) is 9.62. The molecule has 1 aromatic carbocycles. The standard InChI is InChI=1S/C13H14FNS/c1-8(2)12-7-15-13(16-12)10-6-9(3)4-5-11(10)14/h4-8H,1-3H3. The largest absolute Gasteiger partial charge is 0.244 e. The molecule has 2 rings (SSSR count). The summed E-state index contributed by atoms with van der Waals surface area (Å²) in [5, 5.41) is 0.768. The average molecular weight is 235 g/mol. The molecule has 0 N–H and O–H groups in total. The van der Waals surface area contributed by atoms with E-state index in [1.54, 1.807) is 17.4 Å². The molecule has 2 aromatic rings. The number of benzene rings is 1. The number of halogens is 1. The van der Waals surface area contributed by atoms with Crippen LogP contribution in [0.4, 0.5) is 4.39 Å². The lowest BCUT2D eigenvalue weighted by molar-refractivity contribution is 0.631. The average Bonchev–Trinajstić information content (AvgIpc) is 2.70. The van der Waals surface area contributed by atoms with E-state index in [1.807, 2.05) is 19.2 Å². The molecule has 0 spiro atoms. The summed E-state index contributed by atoms with van der Waals surface area (Å²) in [5.74, 6) is 0.245. The Bertz CT molecular complexity index is 502. The highest BCUT2D eigenvalue weighted by Crippen LogP contribution is 2.31. The number of aromatic nitrogens is 1. The zero-order chi connectivity index (χ0) is 11.7. The summed E-state index contributed by atoms with van der Waals surface area (Å²) in [7, 11) is 0. The van der Waals surface area contributed by atoms with Gasteiger partial charge in [0.15, 0.2) is 0 Å². The number of thiazole rings is 1. The first-order chi connectivity index (χ1) is 7.58. The smallest absolute Gasteiger partial charge is 0.133 e. The van der Waals surface area contributed by atoms with Gasteiger partial charge in [-0.05, 0) is 25.0 Å². The van der Waals surface area contributed by atoms with Gasteiger partial charge >= 0.3 is 0 Å². The van der Waals surface area contributed by atoms with Gasteiger partial charge in [-0.1, -0.05) is 25.5 Å². The van der Waals surface area contributed by atoms with Gasteiger partial charge in [-0.25, -0.2) is 9.37 Å². The van der Waals surface area contributed by atoms with E-state index in [-0.39, 0.29) is 5.82 Å². The Kier molecular flexibility index (Phi) is 3.06. The molecular weight excluding hydrogens is 221 g/mol. The predicted octanol–water partition coefficient (Wildman–Crippen LogP) is 4.38. The number of hydrogen-bond acceptors (Lipinski definition) is 2. The molecule has 0 radical (unpaired) electrons. The SMILES string of the molecule is Cc1ccc(F)c(-c2ncc(C(C)C)s2)c1. The highest BCUT2D eigenvalue weighted by atomic mass is 32.1. The molecule has 0 aliphatic carbocycles. The van der Waals surface area contributed by atoms with Gasteiger partial charge < -0.3 is 0 Å². The molecular formula is C13H14FNS. The first-order valence-electron chi connectivity index (χ1n) is 5.30. The first-order valence-corrected chi connectivity index (χ1v) is 6.12. The number of rotatable bonds is 2. The van der Waals surface area contributed by atoms with E-state index in [1.165, 1.54) is 10.9 Å². The van der Waals surface area contributed by atoms with Crippen LogP contribution in [0.2, 0.25) is 0 Å². The van der Waals surface area contributed by atoms with Crippen molar-refractivity contribution in [3.8, 4) is 10.6 Å². The normalized spacial score (nSPS) is 11.1. The monoisotopic (exact) mass is 235 g/mol. The molecule has 0 amide bonds. The lowest BCUT2D eigenvalue weighted by atomic mass is 10.1. The maximum absolute atomic E-state index is 13.6. The van der Waals surface area contributed by atoms with Gasteiger partial charge in [0.05, 0.1) is 0 Å². The molecule has 1 heterocycles. The fourth-order valence-electron chi connectivity index (χ4n) is 1.48. The quantitative estimate of drug-likeness (QED) is 0.752. The van der Waals surface area contributed by atoms with E-state index in [0.29, 0.717) is 11.5 Å². The zero-order valence-corrected chi connectivity index (χ0v) is 10.4. The summed E-state index contributed by atoms with van der Waals surface area (Å²) in [6, 6.07) is 5.12. The van der Waals surface area contributed by atoms with Crippen molar-refractivity contribution in [1.29, 1.82) is 0 Å². The van der Waals surface area contributed by atoms with Crippen LogP contribution in [-0.2, 0) is 0 Å². The molecule has 0 aliphatic rings. The van der Waals surface area contributed by atoms with Gasteiger partial charge in [0, 0.05) is 16.6 Å². The van der Waals surface area contributed by atoms with Gasteiger partial charge in [-0.15, -0.1) is 11.3 Å². The van der Waals surface area contributed by atoms with Crippen molar-refractivity contribution < 1.29 is 4.39 Å². The topological polar surface area (TPSA) is 12.9 Å². The van der Waals surface area contributed by atoms with E-state index in [2.05, 4.69) is 18.8 Å². The predicted molar refractivity (Wildman–Crippen MR) is 66.3 cm³/mol. The lowest BCUT2D eigenvalue weighted by Crippen LogP contribution is -1.84. The van der Waals surface area contributed by atoms with Crippen molar-refractivity contribution >= 4 is 11.3 Å². The lowest BCUT2D eigenvalue weighted by Gasteiger charge is -2.00. The second-order valence-corrected chi connectivity index (χ2v) is 5.27. The minimum Gasteiger partial charge on any atom is -0.244 e. The van der Waals surface area contributed by atoms with Crippen LogP contribution in [-0.4, -0.2) is 4.98 Å². The Morgan fingerprint density at radius 2 is 2.06 bits per heavy atom. The van der Waals surface area contributed by atoms with Crippen molar-refractivity contribution in [3.63, 3.8) is 0 Å². The van der Waals surface area contributed by atoms with Crippen LogP contribution in [0, 0.1) is 12.7 Å². The molecule has 3 heteroatoms. The summed E-state index contributed by atoms with van der Waals surface area (Å²) in [4.78, 5) is 5.48. The van der Waals surface area contributed by atoms with Crippen LogP contribution in [0.25, 0.3) is 10.6 Å². The van der Waals surface area contributed by atoms with Crippen molar-refractivity contribution in [3.05, 3.63) is 40.7 Å². The summed E-state index contributed by atoms with van der Waals surface area (Å²) < 4.78 is 13.6. The molecule has 84 valence electrons. The Labute approximate surface area is 99.0 Å². The van der Waals surface area contributed by atoms with Gasteiger partial charge in [-0.2, -0.15) is 0 Å². The third kappa shape index (κ3) is 2.14. The molecule has 0 atom stereocenters. The summed E-state index contributed by atoms with van der Waals surface area (Å²) in [5.41, 5.74) is 1.66. The van der Waals surface area contributed by atoms with Gasteiger partial charge in [-0.3, -0.25) is 0 Å². The molecule has 0 aliphatic heterocycles. The van der Waals surface area contributed by atoms with Gasteiger partial charge in [0.2, 0.25) is 0 Å². The number of nitrogens with zero attached hydrogens (tertiary/aromatic N) is 1. The second kappa shape index (κ2) is 4.34. The Morgan fingerprint density at radius 3 is 2.69 bits per heavy atom. The molecule has 1 aromatic heterocycles. The second-order valence-electron chi connectivity index (χ2n) is 4.21. The highest BCUT2D eigenvalue weighted by molar-refractivity contribution is 7.15. The molecule has 1 nitrogen and oxygen atoms in total. The molecule has 0 saturated heterocycles. The van der Waals surface area contributed by atoms with Crippen molar-refractivity contribution in [2.45, 2.75) is 26.7 Å². The van der Waals surface area contributed by atoms with Crippen LogP contribution < -0.4 is 0 Å². The third-order valence-electron chi connectivity index (χ3n) is 2.44. The minimum absolute atomic E-state index is 0.199. The van der Waals surface area contributed by atoms with E-state index < -0.39 is 0 Å².